The highest BCUT2D eigenvalue weighted by Crippen LogP contribution is 2.37. The molecule has 0 spiro atoms. The summed E-state index contributed by atoms with van der Waals surface area (Å²) in [4.78, 5) is 21.9. The van der Waals surface area contributed by atoms with Crippen molar-refractivity contribution in [3.05, 3.63) is 46.9 Å². The minimum Gasteiger partial charge on any atom is -0.495 e. The number of amides is 1. The minimum atomic E-state index is -4.01. The van der Waals surface area contributed by atoms with Crippen LogP contribution in [-0.2, 0) is 14.8 Å². The Bertz CT molecular complexity index is 1380. The molecule has 0 saturated heterocycles. The van der Waals surface area contributed by atoms with E-state index in [1.165, 1.54) is 50.3 Å². The van der Waals surface area contributed by atoms with Crippen LogP contribution in [0.4, 0.5) is 10.8 Å². The molecule has 2 N–H and O–H groups in total. The first-order valence-electron chi connectivity index (χ1n) is 12.3. The second kappa shape index (κ2) is 11.8. The number of hydrogen-bond donors (Lipinski definition) is 2. The van der Waals surface area contributed by atoms with Gasteiger partial charge in [0.2, 0.25) is 5.91 Å². The number of thiazole rings is 1. The number of carbonyl (C=O) groups excluding carboxylic acids is 1. The first-order chi connectivity index (χ1) is 17.7. The van der Waals surface area contributed by atoms with Crippen molar-refractivity contribution in [2.24, 2.45) is 5.92 Å². The Hall–Kier alpha value is -2.69. The van der Waals surface area contributed by atoms with Gasteiger partial charge in [-0.15, -0.1) is 0 Å². The average Bonchev–Trinajstić information content (AvgIpc) is 3.03. The zero-order valence-corrected chi connectivity index (χ0v) is 23.5. The summed E-state index contributed by atoms with van der Waals surface area (Å²) in [7, 11) is -2.59. The van der Waals surface area contributed by atoms with Crippen molar-refractivity contribution in [2.75, 3.05) is 17.1 Å². The fourth-order valence-electron chi connectivity index (χ4n) is 4.57. The number of aryl methyl sites for hydroxylation is 2. The molecule has 1 aromatic carbocycles. The summed E-state index contributed by atoms with van der Waals surface area (Å²) in [6.45, 7) is 3.58. The van der Waals surface area contributed by atoms with Crippen LogP contribution < -0.4 is 14.8 Å². The highest BCUT2D eigenvalue weighted by Gasteiger charge is 2.23. The Morgan fingerprint density at radius 2 is 1.89 bits per heavy atom. The summed E-state index contributed by atoms with van der Waals surface area (Å²) in [5.74, 6) is 0.598. The molecular weight excluding hydrogens is 532 g/mol. The molecule has 0 bridgehead atoms. The van der Waals surface area contributed by atoms with Gasteiger partial charge in [-0.05, 0) is 68.0 Å². The standard InChI is InChI=1S/C26H31ClN4O4S2/c1-16-12-23(27)28-15-20(16)31-37(33,34)22-14-19(10-11-21(22)35-3)25-17(2)29-26(36-25)30-24(32)13-18-8-6-4-5-7-9-18/h10-12,14-15,18,31H,4-9,13H2,1-3H3,(H,29,30,32). The number of benzene rings is 1. The first-order valence-corrected chi connectivity index (χ1v) is 14.9. The molecule has 8 nitrogen and oxygen atoms in total. The lowest BCUT2D eigenvalue weighted by Gasteiger charge is -2.14. The van der Waals surface area contributed by atoms with Crippen LogP contribution in [0, 0.1) is 19.8 Å². The van der Waals surface area contributed by atoms with Crippen LogP contribution in [0.2, 0.25) is 5.15 Å². The van der Waals surface area contributed by atoms with Gasteiger partial charge < -0.3 is 10.1 Å². The van der Waals surface area contributed by atoms with Crippen molar-refractivity contribution in [1.29, 1.82) is 0 Å². The number of halogens is 1. The summed E-state index contributed by atoms with van der Waals surface area (Å²) in [6.07, 6.45) is 8.94. The number of nitrogens with one attached hydrogen (secondary N) is 2. The van der Waals surface area contributed by atoms with Crippen LogP contribution in [0.25, 0.3) is 10.4 Å². The molecule has 3 aromatic rings. The lowest BCUT2D eigenvalue weighted by molar-refractivity contribution is -0.117. The van der Waals surface area contributed by atoms with Gasteiger partial charge in [0.1, 0.15) is 15.8 Å². The van der Waals surface area contributed by atoms with Crippen LogP contribution in [0.5, 0.6) is 5.75 Å². The third-order valence-corrected chi connectivity index (χ3v) is 9.24. The van der Waals surface area contributed by atoms with E-state index in [1.807, 2.05) is 6.92 Å². The largest absolute Gasteiger partial charge is 0.495 e. The maximum atomic E-state index is 13.3. The molecule has 1 aliphatic rings. The fourth-order valence-corrected chi connectivity index (χ4v) is 7.08. The summed E-state index contributed by atoms with van der Waals surface area (Å²) >= 11 is 7.23. The van der Waals surface area contributed by atoms with Gasteiger partial charge in [-0.25, -0.2) is 18.4 Å². The van der Waals surface area contributed by atoms with Crippen LogP contribution in [0.15, 0.2) is 35.4 Å². The van der Waals surface area contributed by atoms with E-state index in [-0.39, 0.29) is 21.7 Å². The molecule has 0 unspecified atom stereocenters. The molecule has 11 heteroatoms. The first kappa shape index (κ1) is 27.3. The molecular formula is C26H31ClN4O4S2. The Labute approximate surface area is 226 Å². The molecule has 1 saturated carbocycles. The van der Waals surface area contributed by atoms with Crippen molar-refractivity contribution in [1.82, 2.24) is 9.97 Å². The van der Waals surface area contributed by atoms with E-state index in [4.69, 9.17) is 16.3 Å². The molecule has 2 heterocycles. The highest BCUT2D eigenvalue weighted by molar-refractivity contribution is 7.92. The second-order valence-electron chi connectivity index (χ2n) is 9.34. The summed E-state index contributed by atoms with van der Waals surface area (Å²) in [6, 6.07) is 6.53. The predicted molar refractivity (Wildman–Crippen MR) is 148 cm³/mol. The Morgan fingerprint density at radius 1 is 1.16 bits per heavy atom. The Kier molecular flexibility index (Phi) is 8.71. The van der Waals surface area contributed by atoms with Gasteiger partial charge in [0.25, 0.3) is 10.0 Å². The van der Waals surface area contributed by atoms with Gasteiger partial charge >= 0.3 is 0 Å². The van der Waals surface area contributed by atoms with E-state index in [1.54, 1.807) is 31.2 Å². The number of hydrogen-bond acceptors (Lipinski definition) is 7. The monoisotopic (exact) mass is 562 g/mol. The van der Waals surface area contributed by atoms with Crippen LogP contribution in [-0.4, -0.2) is 31.4 Å². The minimum absolute atomic E-state index is 0.0198. The van der Waals surface area contributed by atoms with E-state index in [9.17, 15) is 13.2 Å². The topological polar surface area (TPSA) is 110 Å². The normalized spacial score (nSPS) is 14.7. The lowest BCUT2D eigenvalue weighted by Crippen LogP contribution is -2.16. The number of anilines is 2. The second-order valence-corrected chi connectivity index (χ2v) is 12.4. The molecule has 1 amide bonds. The van der Waals surface area contributed by atoms with Gasteiger partial charge in [0.05, 0.1) is 29.6 Å². The van der Waals surface area contributed by atoms with Gasteiger partial charge in [0.15, 0.2) is 5.13 Å². The molecule has 0 aliphatic heterocycles. The number of rotatable bonds is 8. The molecule has 4 rings (SSSR count). The molecule has 198 valence electrons. The van der Waals surface area contributed by atoms with Gasteiger partial charge in [-0.2, -0.15) is 0 Å². The van der Waals surface area contributed by atoms with Gasteiger partial charge in [-0.3, -0.25) is 9.52 Å². The van der Waals surface area contributed by atoms with Crippen LogP contribution in [0.1, 0.15) is 56.2 Å². The number of carbonyl (C=O) groups is 1. The van der Waals surface area contributed by atoms with Crippen LogP contribution >= 0.6 is 22.9 Å². The van der Waals surface area contributed by atoms with Crippen molar-refractivity contribution in [3.8, 4) is 16.2 Å². The van der Waals surface area contributed by atoms with Gasteiger partial charge in [0, 0.05) is 6.42 Å². The number of pyridine rings is 1. The molecule has 0 radical (unpaired) electrons. The molecule has 1 fully saturated rings. The van der Waals surface area contributed by atoms with Gasteiger partial charge in [-0.1, -0.05) is 48.6 Å². The van der Waals surface area contributed by atoms with E-state index < -0.39 is 10.0 Å². The number of ether oxygens (including phenoxy) is 1. The average molecular weight is 563 g/mol. The number of methoxy groups -OCH3 is 1. The molecule has 0 atom stereocenters. The molecule has 1 aliphatic carbocycles. The van der Waals surface area contributed by atoms with Crippen LogP contribution in [0.3, 0.4) is 0 Å². The maximum absolute atomic E-state index is 13.3. The third kappa shape index (κ3) is 6.80. The third-order valence-electron chi connectivity index (χ3n) is 6.53. The van der Waals surface area contributed by atoms with E-state index >= 15 is 0 Å². The highest BCUT2D eigenvalue weighted by atomic mass is 35.5. The summed E-state index contributed by atoms with van der Waals surface area (Å²) in [5.41, 5.74) is 2.33. The quantitative estimate of drug-likeness (QED) is 0.237. The van der Waals surface area contributed by atoms with E-state index in [0.717, 1.165) is 17.7 Å². The predicted octanol–water partition coefficient (Wildman–Crippen LogP) is 6.58. The zero-order chi connectivity index (χ0) is 26.6. The van der Waals surface area contributed by atoms with E-state index in [0.29, 0.717) is 40.0 Å². The Balaban J connectivity index is 1.56. The molecule has 37 heavy (non-hydrogen) atoms. The number of aromatic nitrogens is 2. The fraction of sp³-hybridized carbons (Fsp3) is 0.423. The SMILES string of the molecule is COc1ccc(-c2sc(NC(=O)CC3CCCCCC3)nc2C)cc1S(=O)(=O)Nc1cnc(Cl)cc1C. The molecule has 2 aromatic heterocycles. The summed E-state index contributed by atoms with van der Waals surface area (Å²) < 4.78 is 34.6. The maximum Gasteiger partial charge on any atom is 0.265 e. The van der Waals surface area contributed by atoms with Crippen molar-refractivity contribution < 1.29 is 17.9 Å². The lowest BCUT2D eigenvalue weighted by atomic mass is 9.96. The smallest absolute Gasteiger partial charge is 0.265 e. The summed E-state index contributed by atoms with van der Waals surface area (Å²) in [5, 5.41) is 3.73. The zero-order valence-electron chi connectivity index (χ0n) is 21.1. The van der Waals surface area contributed by atoms with Crippen molar-refractivity contribution in [2.45, 2.75) is 63.7 Å². The number of sulfonamides is 1. The van der Waals surface area contributed by atoms with E-state index in [2.05, 4.69) is 20.0 Å². The van der Waals surface area contributed by atoms with Crippen molar-refractivity contribution in [3.63, 3.8) is 0 Å². The number of nitrogens with zero attached hydrogens (tertiary/aromatic N) is 2. The Morgan fingerprint density at radius 3 is 2.57 bits per heavy atom. The van der Waals surface area contributed by atoms with Crippen molar-refractivity contribution >= 4 is 49.7 Å².